The van der Waals surface area contributed by atoms with Gasteiger partial charge in [0.05, 0.1) is 0 Å². The second-order valence-corrected chi connectivity index (χ2v) is 6.26. The number of hydrogen-bond acceptors (Lipinski definition) is 4. The first kappa shape index (κ1) is 12.6. The minimum Gasteiger partial charge on any atom is -0.426 e. The first-order chi connectivity index (χ1) is 8.78. The third kappa shape index (κ3) is 1.49. The van der Waals surface area contributed by atoms with Crippen LogP contribution in [0.1, 0.15) is 33.6 Å². The lowest BCUT2D eigenvalue weighted by Crippen LogP contribution is -2.52. The molecule has 0 aromatic carbocycles. The molecule has 1 N–H and O–H groups in total. The van der Waals surface area contributed by atoms with Crippen molar-refractivity contribution in [3.8, 4) is 0 Å². The molecule has 1 saturated carbocycles. The van der Waals surface area contributed by atoms with E-state index in [0.29, 0.717) is 17.6 Å². The molecule has 1 aliphatic heterocycles. The summed E-state index contributed by atoms with van der Waals surface area (Å²) in [7, 11) is 0. The summed E-state index contributed by atoms with van der Waals surface area (Å²) in [5.41, 5.74) is 0.505. The standard InChI is InChI=1S/C15H18O4/c1-8-4-5-12(16)14(3)7-15(18)11(6-10(8)14)9(2)13(17)19-15/h4-5,8,10,18H,6-7H2,1-3H3/t8-,10+,14-,15+/m0/s1. The Morgan fingerprint density at radius 3 is 2.79 bits per heavy atom. The Balaban J connectivity index is 2.10. The minimum absolute atomic E-state index is 0.0173. The van der Waals surface area contributed by atoms with E-state index in [1.807, 2.05) is 13.0 Å². The van der Waals surface area contributed by atoms with Gasteiger partial charge >= 0.3 is 5.97 Å². The van der Waals surface area contributed by atoms with Gasteiger partial charge in [0.1, 0.15) is 0 Å². The molecule has 0 aromatic heterocycles. The van der Waals surface area contributed by atoms with E-state index in [0.717, 1.165) is 0 Å². The third-order valence-electron chi connectivity index (χ3n) is 5.09. The fraction of sp³-hybridized carbons (Fsp3) is 0.600. The van der Waals surface area contributed by atoms with Crippen molar-refractivity contribution in [1.82, 2.24) is 0 Å². The van der Waals surface area contributed by atoms with E-state index >= 15 is 0 Å². The van der Waals surface area contributed by atoms with Gasteiger partial charge in [0.2, 0.25) is 5.79 Å². The highest BCUT2D eigenvalue weighted by atomic mass is 16.7. The number of esters is 1. The number of allylic oxidation sites excluding steroid dienone is 2. The van der Waals surface area contributed by atoms with Gasteiger partial charge < -0.3 is 9.84 Å². The van der Waals surface area contributed by atoms with Gasteiger partial charge in [-0.25, -0.2) is 4.79 Å². The molecule has 0 radical (unpaired) electrons. The van der Waals surface area contributed by atoms with E-state index in [1.165, 1.54) is 0 Å². The highest BCUT2D eigenvalue weighted by molar-refractivity contribution is 5.97. The van der Waals surface area contributed by atoms with Crippen LogP contribution < -0.4 is 0 Å². The van der Waals surface area contributed by atoms with Crippen LogP contribution in [0.25, 0.3) is 0 Å². The highest BCUT2D eigenvalue weighted by Crippen LogP contribution is 2.56. The molecule has 1 fully saturated rings. The minimum atomic E-state index is -1.58. The molecule has 0 bridgehead atoms. The molecule has 4 nitrogen and oxygen atoms in total. The van der Waals surface area contributed by atoms with Crippen LogP contribution >= 0.6 is 0 Å². The van der Waals surface area contributed by atoms with Gasteiger partial charge in [-0.15, -0.1) is 0 Å². The molecule has 2 aliphatic carbocycles. The van der Waals surface area contributed by atoms with Crippen molar-refractivity contribution in [1.29, 1.82) is 0 Å². The molecule has 0 saturated heterocycles. The second-order valence-electron chi connectivity index (χ2n) is 6.26. The lowest BCUT2D eigenvalue weighted by molar-refractivity contribution is -0.204. The molecule has 0 unspecified atom stereocenters. The monoisotopic (exact) mass is 262 g/mol. The number of carbonyl (C=O) groups is 2. The maximum Gasteiger partial charge on any atom is 0.336 e. The zero-order valence-corrected chi connectivity index (χ0v) is 11.4. The molecule has 3 rings (SSSR count). The summed E-state index contributed by atoms with van der Waals surface area (Å²) in [5.74, 6) is -1.66. The summed E-state index contributed by atoms with van der Waals surface area (Å²) in [5, 5.41) is 10.6. The van der Waals surface area contributed by atoms with E-state index in [9.17, 15) is 14.7 Å². The third-order valence-corrected chi connectivity index (χ3v) is 5.09. The summed E-state index contributed by atoms with van der Waals surface area (Å²) >= 11 is 0. The quantitative estimate of drug-likeness (QED) is 0.675. The molecule has 4 atom stereocenters. The van der Waals surface area contributed by atoms with Gasteiger partial charge in [-0.2, -0.15) is 0 Å². The van der Waals surface area contributed by atoms with E-state index in [2.05, 4.69) is 6.92 Å². The molecular formula is C15H18O4. The van der Waals surface area contributed by atoms with Crippen molar-refractivity contribution in [3.05, 3.63) is 23.3 Å². The summed E-state index contributed by atoms with van der Waals surface area (Å²) in [6, 6.07) is 0. The van der Waals surface area contributed by atoms with Gasteiger partial charge in [0, 0.05) is 23.0 Å². The Morgan fingerprint density at radius 1 is 1.42 bits per heavy atom. The maximum absolute atomic E-state index is 12.2. The van der Waals surface area contributed by atoms with Crippen LogP contribution in [-0.2, 0) is 14.3 Å². The number of ether oxygens (including phenoxy) is 1. The highest BCUT2D eigenvalue weighted by Gasteiger charge is 2.59. The fourth-order valence-electron chi connectivity index (χ4n) is 3.84. The van der Waals surface area contributed by atoms with Crippen LogP contribution in [0.15, 0.2) is 23.3 Å². The van der Waals surface area contributed by atoms with Crippen LogP contribution in [0.4, 0.5) is 0 Å². The lowest BCUT2D eigenvalue weighted by Gasteiger charge is -2.49. The topological polar surface area (TPSA) is 63.6 Å². The van der Waals surface area contributed by atoms with E-state index < -0.39 is 17.2 Å². The molecule has 3 aliphatic rings. The molecule has 19 heavy (non-hydrogen) atoms. The van der Waals surface area contributed by atoms with Crippen molar-refractivity contribution in [2.75, 3.05) is 0 Å². The molecule has 0 aromatic rings. The van der Waals surface area contributed by atoms with Crippen molar-refractivity contribution < 1.29 is 19.4 Å². The van der Waals surface area contributed by atoms with Crippen molar-refractivity contribution in [3.63, 3.8) is 0 Å². The first-order valence-electron chi connectivity index (χ1n) is 6.66. The number of aliphatic hydroxyl groups is 1. The number of fused-ring (bicyclic) bond motifs is 2. The number of ketones is 1. The van der Waals surface area contributed by atoms with E-state index in [1.54, 1.807) is 13.0 Å². The molecule has 4 heteroatoms. The molecular weight excluding hydrogens is 244 g/mol. The fourth-order valence-corrected chi connectivity index (χ4v) is 3.84. The summed E-state index contributed by atoms with van der Waals surface area (Å²) in [4.78, 5) is 23.9. The largest absolute Gasteiger partial charge is 0.426 e. The average molecular weight is 262 g/mol. The average Bonchev–Trinajstić information content (AvgIpc) is 2.53. The van der Waals surface area contributed by atoms with Crippen LogP contribution in [0, 0.1) is 17.3 Å². The Labute approximate surface area is 112 Å². The van der Waals surface area contributed by atoms with Crippen molar-refractivity contribution in [2.24, 2.45) is 17.3 Å². The molecule has 1 heterocycles. The molecule has 102 valence electrons. The predicted octanol–water partition coefficient (Wildman–Crippen LogP) is 1.74. The van der Waals surface area contributed by atoms with Gasteiger partial charge in [-0.05, 0) is 31.3 Å². The Kier molecular flexibility index (Phi) is 2.37. The van der Waals surface area contributed by atoms with Crippen LogP contribution in [0.5, 0.6) is 0 Å². The Morgan fingerprint density at radius 2 is 2.11 bits per heavy atom. The summed E-state index contributed by atoms with van der Waals surface area (Å²) in [6.45, 7) is 5.63. The van der Waals surface area contributed by atoms with Crippen LogP contribution in [-0.4, -0.2) is 22.6 Å². The summed E-state index contributed by atoms with van der Waals surface area (Å²) < 4.78 is 5.13. The summed E-state index contributed by atoms with van der Waals surface area (Å²) in [6.07, 6.45) is 4.23. The van der Waals surface area contributed by atoms with Crippen molar-refractivity contribution in [2.45, 2.75) is 39.4 Å². The van der Waals surface area contributed by atoms with Gasteiger partial charge in [0.15, 0.2) is 5.78 Å². The second kappa shape index (κ2) is 3.57. The molecule has 0 spiro atoms. The SMILES string of the molecule is CC1=C2C[C@@H]3[C@@H](C)C=CC(=O)[C@@]3(C)C[C@@]2(O)OC1=O. The van der Waals surface area contributed by atoms with Crippen molar-refractivity contribution >= 4 is 11.8 Å². The number of hydrogen-bond donors (Lipinski definition) is 1. The maximum atomic E-state index is 12.2. The number of carbonyl (C=O) groups excluding carboxylic acids is 2. The van der Waals surface area contributed by atoms with Gasteiger partial charge in [-0.3, -0.25) is 4.79 Å². The van der Waals surface area contributed by atoms with E-state index in [4.69, 9.17) is 4.74 Å². The van der Waals surface area contributed by atoms with Gasteiger partial charge in [0.25, 0.3) is 0 Å². The molecule has 0 amide bonds. The number of rotatable bonds is 0. The predicted molar refractivity (Wildman–Crippen MR) is 67.9 cm³/mol. The van der Waals surface area contributed by atoms with Gasteiger partial charge in [-0.1, -0.05) is 19.9 Å². The Bertz CT molecular complexity index is 544. The van der Waals surface area contributed by atoms with Crippen LogP contribution in [0.2, 0.25) is 0 Å². The first-order valence-corrected chi connectivity index (χ1v) is 6.66. The lowest BCUT2D eigenvalue weighted by atomic mass is 9.56. The smallest absolute Gasteiger partial charge is 0.336 e. The normalized spacial score (nSPS) is 45.1. The Hall–Kier alpha value is -1.42. The van der Waals surface area contributed by atoms with Crippen LogP contribution in [0.3, 0.4) is 0 Å². The van der Waals surface area contributed by atoms with E-state index in [-0.39, 0.29) is 24.0 Å². The zero-order valence-electron chi connectivity index (χ0n) is 11.4. The zero-order chi connectivity index (χ0) is 14.0.